The highest BCUT2D eigenvalue weighted by molar-refractivity contribution is 7.69. The summed E-state index contributed by atoms with van der Waals surface area (Å²) in [6.45, 7) is 0. The Hall–Kier alpha value is -0.473. The molecular weight excluding hydrogens is 279 g/mol. The molecule has 0 saturated heterocycles. The third-order valence-corrected chi connectivity index (χ3v) is 4.72. The molecule has 0 nitrogen and oxygen atoms in total. The lowest BCUT2D eigenvalue weighted by molar-refractivity contribution is 1.72. The third kappa shape index (κ3) is 5.57. The molecule has 0 radical (unpaired) electrons. The summed E-state index contributed by atoms with van der Waals surface area (Å²) in [5, 5.41) is 0.833. The Morgan fingerprint density at radius 1 is 0.562 bits per heavy atom. The largest absolute Gasteiger partial charge is 0.372 e. The molecule has 2 rings (SSSR count). The lowest BCUT2D eigenvalue weighted by Gasteiger charge is -2.05. The maximum absolute atomic E-state index is 5.73. The first-order chi connectivity index (χ1) is 7.61. The third-order valence-electron chi connectivity index (χ3n) is 1.77. The lowest BCUT2D eigenvalue weighted by Crippen LogP contribution is -2.29. The molecule has 16 heavy (non-hydrogen) atoms. The molecule has 0 unspecified atom stereocenters. The molecule has 0 heterocycles. The molecule has 4 heteroatoms. The van der Waals surface area contributed by atoms with E-state index in [0.29, 0.717) is 0 Å². The maximum atomic E-state index is 5.73. The minimum atomic E-state index is -2.62. The smallest absolute Gasteiger partial charge is 0.121 e. The number of hydrogen-bond donors (Lipinski definition) is 0. The second kappa shape index (κ2) is 6.97. The molecule has 0 amide bonds. The van der Waals surface area contributed by atoms with Crippen molar-refractivity contribution in [3.05, 3.63) is 66.7 Å². The summed E-state index contributed by atoms with van der Waals surface area (Å²) in [6, 6.07) is 18.7. The molecule has 0 aliphatic heterocycles. The van der Waals surface area contributed by atoms with Crippen molar-refractivity contribution in [2.75, 3.05) is 0 Å². The van der Waals surface area contributed by atoms with Crippen LogP contribution < -0.4 is 5.19 Å². The molecule has 2 aromatic rings. The molecule has 2 aromatic carbocycles. The minimum Gasteiger partial charge on any atom is -0.121 e. The van der Waals surface area contributed by atoms with E-state index in [0.717, 1.165) is 5.19 Å². The van der Waals surface area contributed by atoms with Crippen LogP contribution in [0.4, 0.5) is 0 Å². The number of benzene rings is 2. The van der Waals surface area contributed by atoms with E-state index in [-0.39, 0.29) is 0 Å². The Balaban J connectivity index is 0.000000181. The van der Waals surface area contributed by atoms with E-state index in [2.05, 4.69) is 0 Å². The van der Waals surface area contributed by atoms with Crippen LogP contribution in [0.15, 0.2) is 66.7 Å². The second-order valence-electron chi connectivity index (χ2n) is 3.02. The molecule has 0 saturated carbocycles. The molecular formula is C12H11Cl3Si. The van der Waals surface area contributed by atoms with Gasteiger partial charge < -0.3 is 0 Å². The van der Waals surface area contributed by atoms with Crippen LogP contribution in [-0.2, 0) is 0 Å². The van der Waals surface area contributed by atoms with Crippen molar-refractivity contribution >= 4 is 44.4 Å². The fourth-order valence-corrected chi connectivity index (χ4v) is 2.72. The summed E-state index contributed by atoms with van der Waals surface area (Å²) in [4.78, 5) is 0. The first-order valence-electron chi connectivity index (χ1n) is 4.73. The fraction of sp³-hybridized carbons (Fsp3) is 0. The van der Waals surface area contributed by atoms with Crippen LogP contribution in [0.5, 0.6) is 0 Å². The molecule has 0 aliphatic rings. The zero-order valence-electron chi connectivity index (χ0n) is 8.48. The van der Waals surface area contributed by atoms with E-state index in [4.69, 9.17) is 33.2 Å². The summed E-state index contributed by atoms with van der Waals surface area (Å²) in [5.74, 6) is 0. The van der Waals surface area contributed by atoms with Gasteiger partial charge in [0, 0.05) is 0 Å². The van der Waals surface area contributed by atoms with Gasteiger partial charge in [0.1, 0.15) is 0 Å². The van der Waals surface area contributed by atoms with Crippen LogP contribution in [0.1, 0.15) is 0 Å². The van der Waals surface area contributed by atoms with Gasteiger partial charge in [0.25, 0.3) is 0 Å². The quantitative estimate of drug-likeness (QED) is 0.544. The lowest BCUT2D eigenvalue weighted by atomic mass is 10.4. The van der Waals surface area contributed by atoms with Gasteiger partial charge in [0.15, 0.2) is 0 Å². The Kier molecular flexibility index (Phi) is 5.92. The van der Waals surface area contributed by atoms with Crippen molar-refractivity contribution in [1.82, 2.24) is 0 Å². The van der Waals surface area contributed by atoms with Gasteiger partial charge in [-0.2, -0.15) is 0 Å². The first-order valence-corrected chi connectivity index (χ1v) is 9.76. The normalized spacial score (nSPS) is 10.2. The predicted molar refractivity (Wildman–Crippen MR) is 75.8 cm³/mol. The molecule has 0 atom stereocenters. The van der Waals surface area contributed by atoms with Crippen LogP contribution in [0.25, 0.3) is 0 Å². The standard InChI is InChI=1S/C6H5Cl3Si.C6H6/c7-10(8,9)6-4-2-1-3-5-6;1-2-4-6-5-3-1/h1-5H;1-6H. The van der Waals surface area contributed by atoms with Gasteiger partial charge in [-0.25, -0.2) is 0 Å². The van der Waals surface area contributed by atoms with Gasteiger partial charge in [-0.05, 0) is 5.19 Å². The molecule has 0 N–H and O–H groups in total. The molecule has 84 valence electrons. The predicted octanol–water partition coefficient (Wildman–Crippen LogP) is 4.24. The molecule has 0 spiro atoms. The van der Waals surface area contributed by atoms with E-state index in [1.807, 2.05) is 66.7 Å². The van der Waals surface area contributed by atoms with Crippen molar-refractivity contribution < 1.29 is 0 Å². The van der Waals surface area contributed by atoms with Crippen molar-refractivity contribution in [1.29, 1.82) is 0 Å². The van der Waals surface area contributed by atoms with Crippen LogP contribution in [0.2, 0.25) is 0 Å². The Bertz CT molecular complexity index is 357. The van der Waals surface area contributed by atoms with Crippen molar-refractivity contribution in [2.24, 2.45) is 0 Å². The monoisotopic (exact) mass is 288 g/mol. The van der Waals surface area contributed by atoms with E-state index >= 15 is 0 Å². The molecule has 0 aromatic heterocycles. The van der Waals surface area contributed by atoms with E-state index in [9.17, 15) is 0 Å². The zero-order chi connectivity index (χ0) is 11.9. The Morgan fingerprint density at radius 3 is 1.12 bits per heavy atom. The van der Waals surface area contributed by atoms with Gasteiger partial charge >= 0.3 is 6.00 Å². The number of rotatable bonds is 1. The Morgan fingerprint density at radius 2 is 0.875 bits per heavy atom. The van der Waals surface area contributed by atoms with Crippen LogP contribution >= 0.6 is 33.2 Å². The summed E-state index contributed by atoms with van der Waals surface area (Å²) < 4.78 is 0. The van der Waals surface area contributed by atoms with Gasteiger partial charge in [-0.3, -0.25) is 0 Å². The van der Waals surface area contributed by atoms with E-state index < -0.39 is 6.00 Å². The summed E-state index contributed by atoms with van der Waals surface area (Å²) in [6.07, 6.45) is 0. The summed E-state index contributed by atoms with van der Waals surface area (Å²) >= 11 is 17.2. The number of halogens is 3. The van der Waals surface area contributed by atoms with Crippen LogP contribution in [0, 0.1) is 0 Å². The molecule has 0 bridgehead atoms. The highest BCUT2D eigenvalue weighted by atomic mass is 35.8. The molecule has 0 aliphatic carbocycles. The highest BCUT2D eigenvalue weighted by Gasteiger charge is 2.26. The zero-order valence-corrected chi connectivity index (χ0v) is 11.8. The van der Waals surface area contributed by atoms with Gasteiger partial charge in [0.2, 0.25) is 0 Å². The minimum absolute atomic E-state index is 0.833. The maximum Gasteiger partial charge on any atom is 0.372 e. The average molecular weight is 290 g/mol. The van der Waals surface area contributed by atoms with Crippen molar-refractivity contribution in [2.45, 2.75) is 0 Å². The first kappa shape index (κ1) is 13.6. The van der Waals surface area contributed by atoms with E-state index in [1.165, 1.54) is 0 Å². The van der Waals surface area contributed by atoms with Gasteiger partial charge in [-0.15, -0.1) is 33.2 Å². The molecule has 0 fully saturated rings. The SMILES string of the molecule is Cl[Si](Cl)(Cl)c1ccccc1.c1ccccc1. The van der Waals surface area contributed by atoms with Crippen molar-refractivity contribution in [3.8, 4) is 0 Å². The van der Waals surface area contributed by atoms with E-state index in [1.54, 1.807) is 0 Å². The second-order valence-corrected chi connectivity index (χ2v) is 11.4. The van der Waals surface area contributed by atoms with Crippen LogP contribution in [-0.4, -0.2) is 6.00 Å². The average Bonchev–Trinajstić information content (AvgIpc) is 2.32. The number of hydrogen-bond acceptors (Lipinski definition) is 0. The summed E-state index contributed by atoms with van der Waals surface area (Å²) in [5.41, 5.74) is 0. The Labute approximate surface area is 111 Å². The van der Waals surface area contributed by atoms with Gasteiger partial charge in [0.05, 0.1) is 0 Å². The fourth-order valence-electron chi connectivity index (χ4n) is 1.01. The highest BCUT2D eigenvalue weighted by Crippen LogP contribution is 2.18. The van der Waals surface area contributed by atoms with Gasteiger partial charge in [-0.1, -0.05) is 66.7 Å². The topological polar surface area (TPSA) is 0 Å². The van der Waals surface area contributed by atoms with Crippen LogP contribution in [0.3, 0.4) is 0 Å². The van der Waals surface area contributed by atoms with Crippen molar-refractivity contribution in [3.63, 3.8) is 0 Å². The summed E-state index contributed by atoms with van der Waals surface area (Å²) in [7, 11) is 0.